The Morgan fingerprint density at radius 2 is 2.12 bits per heavy atom. The highest BCUT2D eigenvalue weighted by molar-refractivity contribution is 5.70. The van der Waals surface area contributed by atoms with E-state index < -0.39 is 0 Å². The summed E-state index contributed by atoms with van der Waals surface area (Å²) in [5.41, 5.74) is 1.02. The Balaban J connectivity index is 0.000000240. The van der Waals surface area contributed by atoms with Gasteiger partial charge in [0.25, 0.3) is 0 Å². The van der Waals surface area contributed by atoms with Crippen molar-refractivity contribution in [1.29, 1.82) is 0 Å². The first-order chi connectivity index (χ1) is 11.6. The van der Waals surface area contributed by atoms with E-state index in [0.717, 1.165) is 31.2 Å². The molecule has 0 aromatic heterocycles. The molecule has 0 amide bonds. The van der Waals surface area contributed by atoms with Gasteiger partial charge in [-0.1, -0.05) is 30.4 Å². The zero-order valence-corrected chi connectivity index (χ0v) is 14.8. The quantitative estimate of drug-likeness (QED) is 0.617. The molecule has 0 spiro atoms. The van der Waals surface area contributed by atoms with Crippen LogP contribution in [0, 0.1) is 0 Å². The van der Waals surface area contributed by atoms with Crippen LogP contribution in [0.5, 0.6) is 11.5 Å². The Kier molecular flexibility index (Phi) is 9.35. The molecule has 0 bridgehead atoms. The number of rotatable bonds is 5. The molecule has 4 heteroatoms. The van der Waals surface area contributed by atoms with Crippen LogP contribution in [-0.4, -0.2) is 24.3 Å². The third-order valence-electron chi connectivity index (χ3n) is 3.66. The third kappa shape index (κ3) is 7.36. The van der Waals surface area contributed by atoms with E-state index in [1.807, 2.05) is 38.1 Å². The summed E-state index contributed by atoms with van der Waals surface area (Å²) in [7, 11) is 1.54. The maximum Gasteiger partial charge on any atom is 0.306 e. The Bertz CT molecular complexity index is 561. The van der Waals surface area contributed by atoms with Crippen LogP contribution in [0.15, 0.2) is 36.4 Å². The second-order valence-electron chi connectivity index (χ2n) is 5.58. The number of hydrogen-bond acceptors (Lipinski definition) is 4. The zero-order chi connectivity index (χ0) is 17.8. The lowest BCUT2D eigenvalue weighted by molar-refractivity contribution is -0.153. The van der Waals surface area contributed by atoms with Crippen LogP contribution in [-0.2, 0) is 9.53 Å². The minimum atomic E-state index is -0.0215. The number of phenolic OH excluding ortho intramolecular Hbond substituents is 1. The summed E-state index contributed by atoms with van der Waals surface area (Å²) in [4.78, 5) is 10.9. The summed E-state index contributed by atoms with van der Waals surface area (Å²) in [6, 6.07) is 5.24. The van der Waals surface area contributed by atoms with Crippen LogP contribution in [0.25, 0.3) is 6.08 Å². The molecule has 1 aliphatic rings. The molecule has 0 radical (unpaired) electrons. The standard InChI is InChI=1S/C10H12O2.C10H16O2/c1-3-4-8-5-6-9(11)10(7-8)12-2;1-2-3-4-6-9-7-5-8-10(11)12-9/h3-7,11H,1-2H3;2-3,9H,4-8H2,1H3. The summed E-state index contributed by atoms with van der Waals surface area (Å²) in [6.45, 7) is 3.95. The number of carbonyl (C=O) groups is 1. The molecule has 4 nitrogen and oxygen atoms in total. The van der Waals surface area contributed by atoms with Gasteiger partial charge < -0.3 is 14.6 Å². The lowest BCUT2D eigenvalue weighted by atomic mass is 10.0. The molecule has 1 heterocycles. The molecule has 24 heavy (non-hydrogen) atoms. The van der Waals surface area contributed by atoms with Crippen molar-refractivity contribution < 1.29 is 19.4 Å². The first-order valence-corrected chi connectivity index (χ1v) is 8.41. The van der Waals surface area contributed by atoms with E-state index >= 15 is 0 Å². The van der Waals surface area contributed by atoms with Crippen molar-refractivity contribution in [2.75, 3.05) is 7.11 Å². The Morgan fingerprint density at radius 1 is 1.33 bits per heavy atom. The predicted octanol–water partition coefficient (Wildman–Crippen LogP) is 4.87. The molecular formula is C20H28O4. The molecule has 1 atom stereocenters. The van der Waals surface area contributed by atoms with Crippen LogP contribution in [0.4, 0.5) is 0 Å². The van der Waals surface area contributed by atoms with Crippen molar-refractivity contribution in [2.45, 2.75) is 52.1 Å². The lowest BCUT2D eigenvalue weighted by Crippen LogP contribution is -2.23. The molecule has 132 valence electrons. The second-order valence-corrected chi connectivity index (χ2v) is 5.58. The van der Waals surface area contributed by atoms with Crippen molar-refractivity contribution in [3.8, 4) is 11.5 Å². The largest absolute Gasteiger partial charge is 0.504 e. The smallest absolute Gasteiger partial charge is 0.306 e. The minimum Gasteiger partial charge on any atom is -0.504 e. The first-order valence-electron chi connectivity index (χ1n) is 8.41. The summed E-state index contributed by atoms with van der Waals surface area (Å²) < 4.78 is 10.1. The first kappa shape index (κ1) is 19.8. The Hall–Kier alpha value is -2.23. The van der Waals surface area contributed by atoms with E-state index in [2.05, 4.69) is 6.08 Å². The van der Waals surface area contributed by atoms with Crippen molar-refractivity contribution in [3.63, 3.8) is 0 Å². The fourth-order valence-corrected chi connectivity index (χ4v) is 2.42. The number of ether oxygens (including phenoxy) is 2. The van der Waals surface area contributed by atoms with Crippen molar-refractivity contribution in [1.82, 2.24) is 0 Å². The minimum absolute atomic E-state index is 0.0215. The van der Waals surface area contributed by atoms with E-state index in [0.29, 0.717) is 12.2 Å². The summed E-state index contributed by atoms with van der Waals surface area (Å²) >= 11 is 0. The van der Waals surface area contributed by atoms with Gasteiger partial charge in [0.1, 0.15) is 6.10 Å². The van der Waals surface area contributed by atoms with Gasteiger partial charge in [-0.05, 0) is 57.2 Å². The molecule has 1 aromatic carbocycles. The molecule has 1 unspecified atom stereocenters. The average molecular weight is 332 g/mol. The number of hydrogen-bond donors (Lipinski definition) is 1. The molecule has 1 fully saturated rings. The maximum atomic E-state index is 10.9. The topological polar surface area (TPSA) is 55.8 Å². The van der Waals surface area contributed by atoms with Gasteiger partial charge in [-0.15, -0.1) is 0 Å². The van der Waals surface area contributed by atoms with E-state index in [4.69, 9.17) is 9.47 Å². The third-order valence-corrected chi connectivity index (χ3v) is 3.66. The fraction of sp³-hybridized carbons (Fsp3) is 0.450. The highest BCUT2D eigenvalue weighted by atomic mass is 16.5. The predicted molar refractivity (Wildman–Crippen MR) is 97.1 cm³/mol. The van der Waals surface area contributed by atoms with E-state index in [9.17, 15) is 9.90 Å². The summed E-state index contributed by atoms with van der Waals surface area (Å²) in [6.07, 6.45) is 12.9. The summed E-state index contributed by atoms with van der Waals surface area (Å²) in [5, 5.41) is 9.25. The molecule has 1 N–H and O–H groups in total. The second kappa shape index (κ2) is 11.3. The van der Waals surface area contributed by atoms with Gasteiger partial charge in [0.15, 0.2) is 11.5 Å². The zero-order valence-electron chi connectivity index (χ0n) is 14.8. The normalized spacial score (nSPS) is 17.5. The van der Waals surface area contributed by atoms with Crippen LogP contribution in [0.3, 0.4) is 0 Å². The van der Waals surface area contributed by atoms with Crippen LogP contribution in [0.2, 0.25) is 0 Å². The van der Waals surface area contributed by atoms with E-state index in [1.54, 1.807) is 12.1 Å². The van der Waals surface area contributed by atoms with Crippen LogP contribution in [0.1, 0.15) is 51.5 Å². The van der Waals surface area contributed by atoms with Gasteiger partial charge in [-0.25, -0.2) is 0 Å². The maximum absolute atomic E-state index is 10.9. The number of methoxy groups -OCH3 is 1. The highest BCUT2D eigenvalue weighted by Crippen LogP contribution is 2.26. The van der Waals surface area contributed by atoms with Crippen LogP contribution >= 0.6 is 0 Å². The molecule has 0 aliphatic carbocycles. The highest BCUT2D eigenvalue weighted by Gasteiger charge is 2.18. The molecule has 1 aromatic rings. The number of phenols is 1. The molecular weight excluding hydrogens is 304 g/mol. The van der Waals surface area contributed by atoms with Crippen LogP contribution < -0.4 is 4.74 Å². The number of benzene rings is 1. The Morgan fingerprint density at radius 3 is 2.75 bits per heavy atom. The van der Waals surface area contributed by atoms with Crippen molar-refractivity contribution in [2.24, 2.45) is 0 Å². The Labute approximate surface area is 144 Å². The van der Waals surface area contributed by atoms with Crippen molar-refractivity contribution in [3.05, 3.63) is 42.0 Å². The van der Waals surface area contributed by atoms with Crippen molar-refractivity contribution >= 4 is 12.0 Å². The number of esters is 1. The van der Waals surface area contributed by atoms with E-state index in [1.165, 1.54) is 7.11 Å². The van der Waals surface area contributed by atoms with Gasteiger partial charge in [0.2, 0.25) is 0 Å². The van der Waals surface area contributed by atoms with Gasteiger partial charge in [-0.3, -0.25) is 4.79 Å². The monoisotopic (exact) mass is 332 g/mol. The molecule has 1 aliphatic heterocycles. The van der Waals surface area contributed by atoms with E-state index in [-0.39, 0.29) is 17.8 Å². The summed E-state index contributed by atoms with van der Waals surface area (Å²) in [5.74, 6) is 0.656. The van der Waals surface area contributed by atoms with Gasteiger partial charge in [0.05, 0.1) is 7.11 Å². The molecule has 1 saturated heterocycles. The number of aromatic hydroxyl groups is 1. The average Bonchev–Trinajstić information content (AvgIpc) is 2.58. The van der Waals surface area contributed by atoms with Gasteiger partial charge >= 0.3 is 5.97 Å². The molecule has 0 saturated carbocycles. The molecule has 2 rings (SSSR count). The van der Waals surface area contributed by atoms with Gasteiger partial charge in [-0.2, -0.15) is 0 Å². The number of carbonyl (C=O) groups excluding carboxylic acids is 1. The lowest BCUT2D eigenvalue weighted by Gasteiger charge is -2.21. The number of cyclic esters (lactones) is 1. The fourth-order valence-electron chi connectivity index (χ4n) is 2.42. The SMILES string of the molecule is CC=CCCC1CCCC(=O)O1.CC=Cc1ccc(O)c(OC)c1. The number of allylic oxidation sites excluding steroid dienone is 3. The van der Waals surface area contributed by atoms with Gasteiger partial charge in [0, 0.05) is 6.42 Å².